The molecule has 4 rings (SSSR count). The van der Waals surface area contributed by atoms with Crippen LogP contribution in [0.15, 0.2) is 59.8 Å². The van der Waals surface area contributed by atoms with E-state index in [1.54, 1.807) is 4.52 Å². The van der Waals surface area contributed by atoms with Crippen LogP contribution in [-0.2, 0) is 4.79 Å². The predicted octanol–water partition coefficient (Wildman–Crippen LogP) is 3.56. The average Bonchev–Trinajstić information content (AvgIpc) is 3.08. The maximum Gasteiger partial charge on any atom is 0.230 e. The lowest BCUT2D eigenvalue weighted by molar-refractivity contribution is -0.119. The topological polar surface area (TPSA) is 72.2 Å². The number of hydrogen-bond donors (Lipinski definition) is 1. The highest BCUT2D eigenvalue weighted by atomic mass is 32.2. The first-order valence-corrected chi connectivity index (χ1v) is 9.69. The van der Waals surface area contributed by atoms with Crippen molar-refractivity contribution in [1.29, 1.82) is 0 Å². The second kappa shape index (κ2) is 7.36. The summed E-state index contributed by atoms with van der Waals surface area (Å²) < 4.78 is 1.72. The molecule has 2 aromatic heterocycles. The van der Waals surface area contributed by atoms with E-state index in [4.69, 9.17) is 0 Å². The lowest BCUT2D eigenvalue weighted by Gasteiger charge is -2.14. The number of carbonyl (C=O) groups excluding carboxylic acids is 1. The van der Waals surface area contributed by atoms with Gasteiger partial charge in [-0.15, -0.1) is 5.10 Å². The zero-order valence-corrected chi connectivity index (χ0v) is 15.9. The highest BCUT2D eigenvalue weighted by molar-refractivity contribution is 7.99. The minimum atomic E-state index is -0.0451. The first kappa shape index (κ1) is 17.5. The van der Waals surface area contributed by atoms with Crippen LogP contribution in [0.1, 0.15) is 24.4 Å². The van der Waals surface area contributed by atoms with E-state index in [1.165, 1.54) is 11.8 Å². The van der Waals surface area contributed by atoms with Crippen LogP contribution in [0.4, 0.5) is 0 Å². The monoisotopic (exact) mass is 377 g/mol. The van der Waals surface area contributed by atoms with Gasteiger partial charge in [-0.25, -0.2) is 9.97 Å². The number of carbonyl (C=O) groups is 1. The van der Waals surface area contributed by atoms with Gasteiger partial charge >= 0.3 is 0 Å². The highest BCUT2D eigenvalue weighted by Gasteiger charge is 2.15. The number of nitrogens with one attached hydrogen (secondary N) is 1. The molecule has 7 heteroatoms. The number of aromatic nitrogens is 4. The Kier molecular flexibility index (Phi) is 4.77. The van der Waals surface area contributed by atoms with Gasteiger partial charge in [0.05, 0.1) is 17.3 Å². The third-order valence-corrected chi connectivity index (χ3v) is 5.19. The average molecular weight is 377 g/mol. The molecule has 0 spiro atoms. The Bertz CT molecular complexity index is 1110. The fraction of sp³-hybridized carbons (Fsp3) is 0.200. The summed E-state index contributed by atoms with van der Waals surface area (Å²) in [5.41, 5.74) is 2.69. The quantitative estimate of drug-likeness (QED) is 0.425. The number of aryl methyl sites for hydroxylation is 1. The Balaban J connectivity index is 1.53. The van der Waals surface area contributed by atoms with E-state index >= 15 is 0 Å². The molecule has 0 radical (unpaired) electrons. The van der Waals surface area contributed by atoms with Gasteiger partial charge in [0, 0.05) is 5.39 Å². The van der Waals surface area contributed by atoms with E-state index < -0.39 is 0 Å². The maximum atomic E-state index is 12.4. The van der Waals surface area contributed by atoms with E-state index in [0.29, 0.717) is 11.0 Å². The van der Waals surface area contributed by atoms with Gasteiger partial charge in [-0.2, -0.15) is 4.52 Å². The van der Waals surface area contributed by atoms with Crippen LogP contribution >= 0.6 is 11.8 Å². The molecule has 136 valence electrons. The SMILES string of the molecule is Cc1nc2c3ccccc3nc(SCC(=O)NC(C)c3ccccc3)n2n1. The molecule has 0 bridgehead atoms. The summed E-state index contributed by atoms with van der Waals surface area (Å²) in [6.45, 7) is 3.83. The number of rotatable bonds is 5. The summed E-state index contributed by atoms with van der Waals surface area (Å²) in [7, 11) is 0. The van der Waals surface area contributed by atoms with Crippen molar-refractivity contribution >= 4 is 34.2 Å². The van der Waals surface area contributed by atoms with Gasteiger partial charge in [0.1, 0.15) is 5.82 Å². The molecule has 1 N–H and O–H groups in total. The molecule has 2 aromatic carbocycles. The van der Waals surface area contributed by atoms with Crippen LogP contribution in [0.3, 0.4) is 0 Å². The zero-order valence-electron chi connectivity index (χ0n) is 15.1. The van der Waals surface area contributed by atoms with E-state index in [0.717, 1.165) is 22.1 Å². The van der Waals surface area contributed by atoms with Crippen molar-refractivity contribution in [2.45, 2.75) is 25.0 Å². The molecule has 0 aliphatic rings. The Hall–Kier alpha value is -2.93. The van der Waals surface area contributed by atoms with Crippen LogP contribution in [0.2, 0.25) is 0 Å². The van der Waals surface area contributed by atoms with Gasteiger partial charge in [0.15, 0.2) is 10.8 Å². The second-order valence-electron chi connectivity index (χ2n) is 6.29. The lowest BCUT2D eigenvalue weighted by Crippen LogP contribution is -2.28. The summed E-state index contributed by atoms with van der Waals surface area (Å²) in [6.07, 6.45) is 0. The Morgan fingerprint density at radius 1 is 1.11 bits per heavy atom. The summed E-state index contributed by atoms with van der Waals surface area (Å²) in [5, 5.41) is 9.07. The fourth-order valence-corrected chi connectivity index (χ4v) is 3.72. The number of nitrogens with zero attached hydrogens (tertiary/aromatic N) is 4. The molecule has 0 fully saturated rings. The summed E-state index contributed by atoms with van der Waals surface area (Å²) in [4.78, 5) is 21.6. The Morgan fingerprint density at radius 2 is 1.85 bits per heavy atom. The van der Waals surface area contributed by atoms with Crippen LogP contribution in [0.25, 0.3) is 16.6 Å². The number of amides is 1. The maximum absolute atomic E-state index is 12.4. The number of benzene rings is 2. The zero-order chi connectivity index (χ0) is 18.8. The molecule has 0 saturated heterocycles. The molecule has 27 heavy (non-hydrogen) atoms. The summed E-state index contributed by atoms with van der Waals surface area (Å²) >= 11 is 1.36. The molecular weight excluding hydrogens is 358 g/mol. The molecule has 6 nitrogen and oxygen atoms in total. The van der Waals surface area contributed by atoms with Gasteiger partial charge in [-0.1, -0.05) is 54.2 Å². The minimum Gasteiger partial charge on any atom is -0.349 e. The molecule has 1 amide bonds. The highest BCUT2D eigenvalue weighted by Crippen LogP contribution is 2.24. The third-order valence-electron chi connectivity index (χ3n) is 4.26. The predicted molar refractivity (Wildman–Crippen MR) is 107 cm³/mol. The van der Waals surface area contributed by atoms with Gasteiger partial charge < -0.3 is 5.32 Å². The third kappa shape index (κ3) is 3.64. The first-order valence-electron chi connectivity index (χ1n) is 8.71. The number of thioether (sulfide) groups is 1. The Morgan fingerprint density at radius 3 is 2.67 bits per heavy atom. The molecule has 4 aromatic rings. The Labute approximate surface area is 161 Å². The fourth-order valence-electron chi connectivity index (χ4n) is 2.97. The van der Waals surface area contributed by atoms with E-state index in [9.17, 15) is 4.79 Å². The van der Waals surface area contributed by atoms with Crippen LogP contribution in [0, 0.1) is 6.92 Å². The normalized spacial score (nSPS) is 12.4. The molecule has 0 aliphatic carbocycles. The molecule has 2 heterocycles. The molecular formula is C20H19N5OS. The van der Waals surface area contributed by atoms with Gasteiger partial charge in [-0.3, -0.25) is 4.79 Å². The van der Waals surface area contributed by atoms with Crippen molar-refractivity contribution in [3.8, 4) is 0 Å². The van der Waals surface area contributed by atoms with Crippen molar-refractivity contribution in [3.63, 3.8) is 0 Å². The molecule has 0 saturated carbocycles. The van der Waals surface area contributed by atoms with Gasteiger partial charge in [0.2, 0.25) is 5.91 Å². The second-order valence-corrected chi connectivity index (χ2v) is 7.24. The number of hydrogen-bond acceptors (Lipinski definition) is 5. The van der Waals surface area contributed by atoms with Crippen LogP contribution < -0.4 is 5.32 Å². The molecule has 0 aliphatic heterocycles. The van der Waals surface area contributed by atoms with E-state index in [2.05, 4.69) is 20.4 Å². The summed E-state index contributed by atoms with van der Waals surface area (Å²) in [5.74, 6) is 0.893. The van der Waals surface area contributed by atoms with Gasteiger partial charge in [0.25, 0.3) is 0 Å². The molecule has 1 atom stereocenters. The molecule has 1 unspecified atom stereocenters. The minimum absolute atomic E-state index is 0.0440. The van der Waals surface area contributed by atoms with Crippen molar-refractivity contribution < 1.29 is 4.79 Å². The van der Waals surface area contributed by atoms with E-state index in [-0.39, 0.29) is 17.7 Å². The van der Waals surface area contributed by atoms with Crippen LogP contribution in [-0.4, -0.2) is 31.2 Å². The largest absolute Gasteiger partial charge is 0.349 e. The number of para-hydroxylation sites is 1. The van der Waals surface area contributed by atoms with Gasteiger partial charge in [-0.05, 0) is 31.5 Å². The van der Waals surface area contributed by atoms with E-state index in [1.807, 2.05) is 68.4 Å². The van der Waals surface area contributed by atoms with Crippen molar-refractivity contribution in [3.05, 3.63) is 66.0 Å². The van der Waals surface area contributed by atoms with Crippen LogP contribution in [0.5, 0.6) is 0 Å². The number of fused-ring (bicyclic) bond motifs is 3. The first-order chi connectivity index (χ1) is 13.1. The smallest absolute Gasteiger partial charge is 0.230 e. The van der Waals surface area contributed by atoms with Crippen molar-refractivity contribution in [2.24, 2.45) is 0 Å². The lowest BCUT2D eigenvalue weighted by atomic mass is 10.1. The van der Waals surface area contributed by atoms with Crippen molar-refractivity contribution in [2.75, 3.05) is 5.75 Å². The standard InChI is InChI=1S/C20H19N5OS/c1-13(15-8-4-3-5-9-15)21-18(26)12-27-20-23-17-11-7-6-10-16(17)19-22-14(2)24-25(19)20/h3-11,13H,12H2,1-2H3,(H,21,26). The summed E-state index contributed by atoms with van der Waals surface area (Å²) in [6, 6.07) is 17.7. The van der Waals surface area contributed by atoms with Crippen molar-refractivity contribution in [1.82, 2.24) is 24.9 Å².